The van der Waals surface area contributed by atoms with E-state index in [4.69, 9.17) is 9.47 Å². The molecule has 3 heteroatoms. The normalized spacial score (nSPS) is 40.9. The summed E-state index contributed by atoms with van der Waals surface area (Å²) in [5.74, 6) is 0.855. The van der Waals surface area contributed by atoms with Crippen LogP contribution in [0.15, 0.2) is 0 Å². The van der Waals surface area contributed by atoms with Crippen LogP contribution in [0, 0.1) is 5.92 Å². The monoisotopic (exact) mass is 227 g/mol. The average molecular weight is 227 g/mol. The fourth-order valence-electron chi connectivity index (χ4n) is 3.15. The molecule has 1 spiro atoms. The summed E-state index contributed by atoms with van der Waals surface area (Å²) in [7, 11) is 1.78. The van der Waals surface area contributed by atoms with Crippen molar-refractivity contribution in [1.82, 2.24) is 5.32 Å². The van der Waals surface area contributed by atoms with E-state index in [2.05, 4.69) is 12.2 Å². The van der Waals surface area contributed by atoms with Gasteiger partial charge in [0.05, 0.1) is 24.9 Å². The highest BCUT2D eigenvalue weighted by Crippen LogP contribution is 2.36. The van der Waals surface area contributed by atoms with Crippen molar-refractivity contribution in [2.75, 3.05) is 26.9 Å². The molecule has 1 heterocycles. The van der Waals surface area contributed by atoms with E-state index in [0.29, 0.717) is 6.04 Å². The highest BCUT2D eigenvalue weighted by Gasteiger charge is 2.42. The quantitative estimate of drug-likeness (QED) is 0.782. The van der Waals surface area contributed by atoms with Crippen molar-refractivity contribution in [3.63, 3.8) is 0 Å². The third-order valence-corrected chi connectivity index (χ3v) is 4.21. The van der Waals surface area contributed by atoms with Gasteiger partial charge in [0.2, 0.25) is 0 Å². The van der Waals surface area contributed by atoms with Gasteiger partial charge >= 0.3 is 0 Å². The SMILES string of the molecule is COCC1NCCOC12CCCC(C)CC2. The van der Waals surface area contributed by atoms with Crippen LogP contribution in [0.3, 0.4) is 0 Å². The summed E-state index contributed by atoms with van der Waals surface area (Å²) in [5.41, 5.74) is 0.0546. The molecule has 0 amide bonds. The first kappa shape index (κ1) is 12.3. The van der Waals surface area contributed by atoms with Crippen LogP contribution in [0.4, 0.5) is 0 Å². The minimum atomic E-state index is 0.0546. The van der Waals surface area contributed by atoms with Crippen LogP contribution in [0.2, 0.25) is 0 Å². The Bertz CT molecular complexity index is 220. The van der Waals surface area contributed by atoms with Crippen molar-refractivity contribution in [3.05, 3.63) is 0 Å². The molecule has 2 fully saturated rings. The maximum Gasteiger partial charge on any atom is 0.0858 e. The Morgan fingerprint density at radius 3 is 3.06 bits per heavy atom. The number of hydrogen-bond acceptors (Lipinski definition) is 3. The molecule has 0 aromatic heterocycles. The smallest absolute Gasteiger partial charge is 0.0858 e. The second-order valence-corrected chi connectivity index (χ2v) is 5.41. The van der Waals surface area contributed by atoms with Gasteiger partial charge < -0.3 is 14.8 Å². The van der Waals surface area contributed by atoms with Crippen molar-refractivity contribution in [2.24, 2.45) is 5.92 Å². The van der Waals surface area contributed by atoms with E-state index in [-0.39, 0.29) is 5.60 Å². The van der Waals surface area contributed by atoms with Crippen LogP contribution in [0.1, 0.15) is 39.0 Å². The lowest BCUT2D eigenvalue weighted by Crippen LogP contribution is -2.59. The number of morpholine rings is 1. The molecule has 2 rings (SSSR count). The molecule has 1 saturated carbocycles. The third-order valence-electron chi connectivity index (χ3n) is 4.21. The Morgan fingerprint density at radius 1 is 1.38 bits per heavy atom. The number of nitrogens with one attached hydrogen (secondary N) is 1. The Balaban J connectivity index is 2.05. The van der Waals surface area contributed by atoms with E-state index in [1.807, 2.05) is 0 Å². The fourth-order valence-corrected chi connectivity index (χ4v) is 3.15. The zero-order valence-electron chi connectivity index (χ0n) is 10.6. The van der Waals surface area contributed by atoms with Gasteiger partial charge in [-0.1, -0.05) is 19.8 Å². The molecular weight excluding hydrogens is 202 g/mol. The van der Waals surface area contributed by atoms with Gasteiger partial charge in [-0.2, -0.15) is 0 Å². The number of methoxy groups -OCH3 is 1. The van der Waals surface area contributed by atoms with Gasteiger partial charge in [0, 0.05) is 13.7 Å². The summed E-state index contributed by atoms with van der Waals surface area (Å²) in [6.45, 7) is 4.95. The van der Waals surface area contributed by atoms with E-state index in [1.54, 1.807) is 7.11 Å². The molecule has 0 bridgehead atoms. The number of hydrogen-bond donors (Lipinski definition) is 1. The van der Waals surface area contributed by atoms with E-state index in [0.717, 1.165) is 25.7 Å². The molecule has 0 aromatic rings. The summed E-state index contributed by atoms with van der Waals surface area (Å²) in [5, 5.41) is 3.57. The first-order valence-electron chi connectivity index (χ1n) is 6.63. The summed E-state index contributed by atoms with van der Waals surface area (Å²) >= 11 is 0. The highest BCUT2D eigenvalue weighted by molar-refractivity contribution is 4.97. The van der Waals surface area contributed by atoms with Crippen molar-refractivity contribution in [2.45, 2.75) is 50.7 Å². The van der Waals surface area contributed by atoms with Gasteiger partial charge in [-0.05, 0) is 25.2 Å². The van der Waals surface area contributed by atoms with Crippen molar-refractivity contribution >= 4 is 0 Å². The summed E-state index contributed by atoms with van der Waals surface area (Å²) < 4.78 is 11.5. The van der Waals surface area contributed by atoms with Gasteiger partial charge in [0.1, 0.15) is 0 Å². The van der Waals surface area contributed by atoms with Crippen molar-refractivity contribution in [1.29, 1.82) is 0 Å². The Morgan fingerprint density at radius 2 is 2.25 bits per heavy atom. The maximum atomic E-state index is 6.16. The van der Waals surface area contributed by atoms with E-state index in [1.165, 1.54) is 32.1 Å². The fraction of sp³-hybridized carbons (Fsp3) is 1.00. The number of rotatable bonds is 2. The predicted octanol–water partition coefficient (Wildman–Crippen LogP) is 1.96. The molecular formula is C13H25NO2. The lowest BCUT2D eigenvalue weighted by atomic mass is 9.85. The zero-order chi connectivity index (χ0) is 11.4. The molecule has 94 valence electrons. The minimum absolute atomic E-state index is 0.0546. The van der Waals surface area contributed by atoms with Crippen LogP contribution >= 0.6 is 0 Å². The van der Waals surface area contributed by atoms with Crippen molar-refractivity contribution in [3.8, 4) is 0 Å². The molecule has 0 radical (unpaired) electrons. The Kier molecular flexibility index (Phi) is 4.22. The van der Waals surface area contributed by atoms with E-state index < -0.39 is 0 Å². The largest absolute Gasteiger partial charge is 0.383 e. The lowest BCUT2D eigenvalue weighted by Gasteiger charge is -2.44. The Hall–Kier alpha value is -0.120. The molecule has 1 saturated heterocycles. The second kappa shape index (κ2) is 5.48. The van der Waals surface area contributed by atoms with Gasteiger partial charge in [0.25, 0.3) is 0 Å². The van der Waals surface area contributed by atoms with Crippen LogP contribution < -0.4 is 5.32 Å². The molecule has 1 N–H and O–H groups in total. The maximum absolute atomic E-state index is 6.16. The molecule has 3 nitrogen and oxygen atoms in total. The summed E-state index contributed by atoms with van der Waals surface area (Å²) in [6.07, 6.45) is 6.32. The minimum Gasteiger partial charge on any atom is -0.383 e. The average Bonchev–Trinajstić information content (AvgIpc) is 2.46. The predicted molar refractivity (Wildman–Crippen MR) is 64.6 cm³/mol. The lowest BCUT2D eigenvalue weighted by molar-refractivity contribution is -0.119. The van der Waals surface area contributed by atoms with Gasteiger partial charge in [-0.3, -0.25) is 0 Å². The summed E-state index contributed by atoms with van der Waals surface area (Å²) in [4.78, 5) is 0. The molecule has 3 atom stereocenters. The summed E-state index contributed by atoms with van der Waals surface area (Å²) in [6, 6.07) is 0.386. The zero-order valence-corrected chi connectivity index (χ0v) is 10.6. The second-order valence-electron chi connectivity index (χ2n) is 5.41. The van der Waals surface area contributed by atoms with Crippen LogP contribution in [-0.2, 0) is 9.47 Å². The first-order valence-corrected chi connectivity index (χ1v) is 6.63. The third kappa shape index (κ3) is 2.58. The molecule has 2 aliphatic rings. The molecule has 1 aliphatic carbocycles. The van der Waals surface area contributed by atoms with Crippen LogP contribution in [-0.4, -0.2) is 38.5 Å². The molecule has 0 aromatic carbocycles. The van der Waals surface area contributed by atoms with Crippen LogP contribution in [0.5, 0.6) is 0 Å². The van der Waals surface area contributed by atoms with Gasteiger partial charge in [0.15, 0.2) is 0 Å². The Labute approximate surface area is 98.9 Å². The molecule has 16 heavy (non-hydrogen) atoms. The molecule has 1 aliphatic heterocycles. The molecule has 3 unspecified atom stereocenters. The van der Waals surface area contributed by atoms with Gasteiger partial charge in [-0.25, -0.2) is 0 Å². The van der Waals surface area contributed by atoms with E-state index >= 15 is 0 Å². The van der Waals surface area contributed by atoms with E-state index in [9.17, 15) is 0 Å². The first-order chi connectivity index (χ1) is 7.77. The highest BCUT2D eigenvalue weighted by atomic mass is 16.5. The standard InChI is InChI=1S/C13H25NO2/c1-11-4-3-6-13(7-5-11)12(10-15-2)14-8-9-16-13/h11-12,14H,3-10H2,1-2H3. The number of ether oxygens (including phenoxy) is 2. The topological polar surface area (TPSA) is 30.5 Å². The van der Waals surface area contributed by atoms with Crippen molar-refractivity contribution < 1.29 is 9.47 Å². The van der Waals surface area contributed by atoms with Gasteiger partial charge in [-0.15, -0.1) is 0 Å². The van der Waals surface area contributed by atoms with Crippen LogP contribution in [0.25, 0.3) is 0 Å².